The number of rotatable bonds is 3. The van der Waals surface area contributed by atoms with Crippen LogP contribution in [0.15, 0.2) is 54.1 Å². The van der Waals surface area contributed by atoms with Gasteiger partial charge in [-0.2, -0.15) is 0 Å². The molecule has 1 spiro atoms. The molecule has 7 rings (SSSR count). The van der Waals surface area contributed by atoms with E-state index in [-0.39, 0.29) is 34.2 Å². The molecule has 2 heterocycles. The summed E-state index contributed by atoms with van der Waals surface area (Å²) < 4.78 is 2.31. The van der Waals surface area contributed by atoms with Gasteiger partial charge in [0.1, 0.15) is 28.4 Å². The van der Waals surface area contributed by atoms with Crippen molar-refractivity contribution in [2.45, 2.75) is 125 Å². The van der Waals surface area contributed by atoms with E-state index in [9.17, 15) is 10.2 Å². The number of benzene rings is 3. The number of fused-ring (bicyclic) bond motifs is 9. The maximum atomic E-state index is 13.0. The molecule has 0 saturated carbocycles. The van der Waals surface area contributed by atoms with Crippen LogP contribution in [0.3, 0.4) is 0 Å². The number of hydrogen-bond donors (Lipinski definition) is 2. The first-order valence-corrected chi connectivity index (χ1v) is 18.5. The highest BCUT2D eigenvalue weighted by Gasteiger charge is 2.61. The van der Waals surface area contributed by atoms with E-state index in [2.05, 4.69) is 162 Å². The average Bonchev–Trinajstić information content (AvgIpc) is 3.59. The lowest BCUT2D eigenvalue weighted by Crippen LogP contribution is -2.53. The van der Waals surface area contributed by atoms with Gasteiger partial charge in [-0.15, -0.1) is 0 Å². The molecule has 5 heteroatoms. The van der Waals surface area contributed by atoms with Gasteiger partial charge in [0.25, 0.3) is 0 Å². The van der Waals surface area contributed by atoms with Gasteiger partial charge in [0.15, 0.2) is 5.66 Å². The first-order chi connectivity index (χ1) is 23.1. The van der Waals surface area contributed by atoms with E-state index in [4.69, 9.17) is 4.98 Å². The Labute approximate surface area is 299 Å². The number of anilines is 1. The Balaban J connectivity index is 1.80. The molecule has 4 aromatic rings. The molecule has 0 amide bonds. The van der Waals surface area contributed by atoms with Crippen molar-refractivity contribution in [2.24, 2.45) is 11.3 Å². The standard InChI is InChI=1S/C45H57N3O2/c1-16-19-30-32(25(4)5)27-20-17-18-21-29(27)45(30)47(15)31-23-26(41(6,7)8)22-28(24(2)3)33(31)40-46-36-37(48(40)45)39(50)35-34(38(36)49)42(9,10)44(13,14)43(35,11)12/h16-25,49-50H,1-15H3/b19-16-. The van der Waals surface area contributed by atoms with E-state index in [1.807, 2.05) is 0 Å². The normalized spacial score (nSPS) is 21.6. The van der Waals surface area contributed by atoms with E-state index in [0.29, 0.717) is 11.0 Å². The summed E-state index contributed by atoms with van der Waals surface area (Å²) in [7, 11) is 2.22. The third-order valence-electron chi connectivity index (χ3n) is 13.6. The van der Waals surface area contributed by atoms with E-state index in [1.165, 1.54) is 22.3 Å². The lowest BCUT2D eigenvalue weighted by Gasteiger charge is -2.49. The Hall–Kier alpha value is -3.99. The van der Waals surface area contributed by atoms with Gasteiger partial charge in [-0.1, -0.05) is 132 Å². The van der Waals surface area contributed by atoms with Crippen LogP contribution in [-0.2, 0) is 21.9 Å². The van der Waals surface area contributed by atoms with Crippen molar-refractivity contribution in [1.82, 2.24) is 9.55 Å². The Kier molecular flexibility index (Phi) is 7.10. The minimum Gasteiger partial charge on any atom is -0.505 e. The molecule has 1 aliphatic heterocycles. The largest absolute Gasteiger partial charge is 0.505 e. The zero-order valence-corrected chi connectivity index (χ0v) is 33.0. The highest BCUT2D eigenvalue weighted by molar-refractivity contribution is 6.00. The van der Waals surface area contributed by atoms with Gasteiger partial charge in [-0.3, -0.25) is 4.57 Å². The fourth-order valence-corrected chi connectivity index (χ4v) is 9.85. The average molecular weight is 672 g/mol. The van der Waals surface area contributed by atoms with Crippen molar-refractivity contribution in [3.05, 3.63) is 87.5 Å². The number of phenolic OH excluding ortho intramolecular Hbond substituents is 2. The molecule has 3 aliphatic rings. The molecular weight excluding hydrogens is 615 g/mol. The fraction of sp³-hybridized carbons (Fsp3) is 0.489. The van der Waals surface area contributed by atoms with Gasteiger partial charge in [0.2, 0.25) is 0 Å². The van der Waals surface area contributed by atoms with Crippen LogP contribution in [0.5, 0.6) is 11.5 Å². The van der Waals surface area contributed by atoms with Gasteiger partial charge < -0.3 is 15.1 Å². The first kappa shape index (κ1) is 34.5. The number of imidazole rings is 1. The van der Waals surface area contributed by atoms with E-state index < -0.39 is 16.5 Å². The second-order valence-corrected chi connectivity index (χ2v) is 18.4. The summed E-state index contributed by atoms with van der Waals surface area (Å²) in [5.74, 6) is 1.62. The van der Waals surface area contributed by atoms with Gasteiger partial charge in [-0.05, 0) is 68.7 Å². The molecule has 2 aliphatic carbocycles. The fourth-order valence-electron chi connectivity index (χ4n) is 9.85. The third kappa shape index (κ3) is 3.82. The highest BCUT2D eigenvalue weighted by Crippen LogP contribution is 2.68. The van der Waals surface area contributed by atoms with Crippen LogP contribution in [0.25, 0.3) is 28.0 Å². The highest BCUT2D eigenvalue weighted by atomic mass is 16.3. The molecule has 0 saturated heterocycles. The van der Waals surface area contributed by atoms with Crippen molar-refractivity contribution in [2.75, 3.05) is 11.9 Å². The summed E-state index contributed by atoms with van der Waals surface area (Å²) in [4.78, 5) is 7.95. The maximum absolute atomic E-state index is 13.0. The molecule has 5 nitrogen and oxygen atoms in total. The molecule has 264 valence electrons. The van der Waals surface area contributed by atoms with Crippen LogP contribution in [0.1, 0.15) is 136 Å². The maximum Gasteiger partial charge on any atom is 0.172 e. The van der Waals surface area contributed by atoms with Crippen LogP contribution in [-0.4, -0.2) is 26.8 Å². The zero-order chi connectivity index (χ0) is 36.8. The summed E-state index contributed by atoms with van der Waals surface area (Å²) in [6, 6.07) is 13.5. The predicted molar refractivity (Wildman–Crippen MR) is 210 cm³/mol. The Morgan fingerprint density at radius 1 is 0.840 bits per heavy atom. The second-order valence-electron chi connectivity index (χ2n) is 18.4. The van der Waals surface area contributed by atoms with Crippen molar-refractivity contribution in [3.8, 4) is 22.9 Å². The summed E-state index contributed by atoms with van der Waals surface area (Å²) >= 11 is 0. The number of phenols is 2. The lowest BCUT2D eigenvalue weighted by molar-refractivity contribution is 0.123. The third-order valence-corrected chi connectivity index (χ3v) is 13.6. The molecular formula is C45H57N3O2. The molecule has 0 fully saturated rings. The summed E-state index contributed by atoms with van der Waals surface area (Å²) in [5, 5.41) is 25.6. The summed E-state index contributed by atoms with van der Waals surface area (Å²) in [6.07, 6.45) is 4.41. The van der Waals surface area contributed by atoms with Crippen LogP contribution in [0.2, 0.25) is 0 Å². The van der Waals surface area contributed by atoms with Crippen molar-refractivity contribution < 1.29 is 10.2 Å². The smallest absolute Gasteiger partial charge is 0.172 e. The van der Waals surface area contributed by atoms with Gasteiger partial charge in [-0.25, -0.2) is 4.98 Å². The van der Waals surface area contributed by atoms with Gasteiger partial charge >= 0.3 is 0 Å². The van der Waals surface area contributed by atoms with Crippen LogP contribution in [0.4, 0.5) is 5.69 Å². The molecule has 3 aromatic carbocycles. The number of aromatic nitrogens is 2. The quantitative estimate of drug-likeness (QED) is 0.213. The number of likely N-dealkylation sites (N-methyl/N-ethyl adjacent to an activating group) is 1. The van der Waals surface area contributed by atoms with Crippen molar-refractivity contribution in [3.63, 3.8) is 0 Å². The molecule has 0 radical (unpaired) electrons. The number of hydrogen-bond acceptors (Lipinski definition) is 4. The Morgan fingerprint density at radius 2 is 1.44 bits per heavy atom. The summed E-state index contributed by atoms with van der Waals surface area (Å²) in [5.41, 5.74) is 10.0. The molecule has 0 bridgehead atoms. The topological polar surface area (TPSA) is 61.5 Å². The van der Waals surface area contributed by atoms with Crippen LogP contribution in [0, 0.1) is 11.3 Å². The van der Waals surface area contributed by atoms with Crippen molar-refractivity contribution >= 4 is 22.3 Å². The van der Waals surface area contributed by atoms with Gasteiger partial charge in [0.05, 0.1) is 5.69 Å². The van der Waals surface area contributed by atoms with Crippen LogP contribution < -0.4 is 4.90 Å². The Bertz CT molecular complexity index is 2180. The zero-order valence-electron chi connectivity index (χ0n) is 33.0. The molecule has 2 N–H and O–H groups in total. The van der Waals surface area contributed by atoms with Crippen LogP contribution >= 0.6 is 0 Å². The number of nitrogens with zero attached hydrogens (tertiary/aromatic N) is 3. The van der Waals surface area contributed by atoms with E-state index >= 15 is 0 Å². The SMILES string of the molecule is C/C=C\C1=C(C(C)C)c2ccccc2C12N(C)c1cc(C(C)(C)C)cc(C(C)C)c1-c1nc3c(O)c4c(c(O)c3n12)C(C)(C)C(C)(C)C4(C)C. The summed E-state index contributed by atoms with van der Waals surface area (Å²) in [6.45, 7) is 31.3. The number of allylic oxidation sites excluding steroid dienone is 2. The minimum atomic E-state index is -0.892. The Morgan fingerprint density at radius 3 is 2.00 bits per heavy atom. The lowest BCUT2D eigenvalue weighted by atomic mass is 9.59. The first-order valence-electron chi connectivity index (χ1n) is 18.5. The van der Waals surface area contributed by atoms with E-state index in [0.717, 1.165) is 39.3 Å². The monoisotopic (exact) mass is 671 g/mol. The molecule has 1 aromatic heterocycles. The minimum absolute atomic E-state index is 0.0791. The molecule has 1 atom stereocenters. The molecule has 50 heavy (non-hydrogen) atoms. The molecule has 1 unspecified atom stereocenters. The van der Waals surface area contributed by atoms with Gasteiger partial charge in [0, 0.05) is 34.9 Å². The second kappa shape index (κ2) is 10.3. The van der Waals surface area contributed by atoms with E-state index in [1.54, 1.807) is 0 Å². The predicted octanol–water partition coefficient (Wildman–Crippen LogP) is 11.3. The number of aromatic hydroxyl groups is 2. The van der Waals surface area contributed by atoms with Crippen molar-refractivity contribution in [1.29, 1.82) is 0 Å².